The van der Waals surface area contributed by atoms with Crippen LogP contribution in [0.1, 0.15) is 162 Å². The third-order valence-electron chi connectivity index (χ3n) is 8.60. The van der Waals surface area contributed by atoms with E-state index in [9.17, 15) is 14.4 Å². The predicted molar refractivity (Wildman–Crippen MR) is 166 cm³/mol. The van der Waals surface area contributed by atoms with Gasteiger partial charge in [0.1, 0.15) is 17.7 Å². The maximum absolute atomic E-state index is 12.2. The van der Waals surface area contributed by atoms with E-state index in [1.165, 1.54) is 71.1 Å². The van der Waals surface area contributed by atoms with Crippen molar-refractivity contribution < 1.29 is 33.3 Å². The molecule has 0 aromatic rings. The monoisotopic (exact) mass is 594 g/mol. The lowest BCUT2D eigenvalue weighted by atomic mass is 9.96. The molecule has 0 bridgehead atoms. The standard InChI is InChI=1S/C35H62O7/c1-3-4-5-6-7-8-9-10-11-12-17-25-40-34-23-22-33(41-34)28-39-24-18-16-20-31(37)19-14-13-15-21-32-27-30(26-29(2)36)35(38)42-32/h30,32-34H,3-28H2,1-2H3. The molecule has 0 radical (unpaired) electrons. The first-order valence-electron chi connectivity index (χ1n) is 17.5. The molecular weight excluding hydrogens is 532 g/mol. The van der Waals surface area contributed by atoms with Crippen molar-refractivity contribution in [2.75, 3.05) is 19.8 Å². The SMILES string of the molecule is CCCCCCCCCCCCCOC1CCC(COCCCCC(=O)CCCCCC2CC(CC(C)=O)C(=O)O2)O1. The van der Waals surface area contributed by atoms with Gasteiger partial charge < -0.3 is 23.7 Å². The van der Waals surface area contributed by atoms with E-state index in [1.807, 2.05) is 0 Å². The van der Waals surface area contributed by atoms with Crippen molar-refractivity contribution in [1.29, 1.82) is 0 Å². The van der Waals surface area contributed by atoms with E-state index in [-0.39, 0.29) is 42.6 Å². The largest absolute Gasteiger partial charge is 0.462 e. The smallest absolute Gasteiger partial charge is 0.309 e. The van der Waals surface area contributed by atoms with Gasteiger partial charge in [-0.05, 0) is 58.3 Å². The third kappa shape index (κ3) is 18.4. The second-order valence-corrected chi connectivity index (χ2v) is 12.7. The summed E-state index contributed by atoms with van der Waals surface area (Å²) in [4.78, 5) is 35.2. The number of Topliss-reactive ketones (excluding diaryl/α,β-unsaturated/α-hetero) is 2. The van der Waals surface area contributed by atoms with Gasteiger partial charge in [-0.1, -0.05) is 77.6 Å². The van der Waals surface area contributed by atoms with Crippen LogP contribution in [0.4, 0.5) is 0 Å². The number of cyclic esters (lactones) is 1. The molecule has 2 heterocycles. The predicted octanol–water partition coefficient (Wildman–Crippen LogP) is 8.44. The van der Waals surface area contributed by atoms with E-state index in [0.29, 0.717) is 38.3 Å². The Labute approximate surface area is 256 Å². The van der Waals surface area contributed by atoms with Crippen molar-refractivity contribution in [2.24, 2.45) is 5.92 Å². The molecule has 2 rings (SSSR count). The summed E-state index contributed by atoms with van der Waals surface area (Å²) in [6, 6.07) is 0. The molecule has 0 amide bonds. The summed E-state index contributed by atoms with van der Waals surface area (Å²) in [6.45, 7) is 5.86. The lowest BCUT2D eigenvalue weighted by molar-refractivity contribution is -0.145. The molecule has 0 aromatic carbocycles. The fourth-order valence-corrected chi connectivity index (χ4v) is 6.05. The molecule has 0 spiro atoms. The zero-order valence-electron chi connectivity index (χ0n) is 27.1. The van der Waals surface area contributed by atoms with Crippen molar-refractivity contribution in [3.05, 3.63) is 0 Å². The van der Waals surface area contributed by atoms with Crippen LogP contribution in [0.25, 0.3) is 0 Å². The quantitative estimate of drug-likeness (QED) is 0.0663. The van der Waals surface area contributed by atoms with Gasteiger partial charge in [-0.2, -0.15) is 0 Å². The van der Waals surface area contributed by atoms with Gasteiger partial charge in [0.25, 0.3) is 0 Å². The molecule has 2 aliphatic rings. The fourth-order valence-electron chi connectivity index (χ4n) is 6.05. The van der Waals surface area contributed by atoms with Crippen LogP contribution in [0.3, 0.4) is 0 Å². The summed E-state index contributed by atoms with van der Waals surface area (Å²) in [5.41, 5.74) is 0. The molecular formula is C35H62O7. The maximum Gasteiger partial charge on any atom is 0.309 e. The van der Waals surface area contributed by atoms with Crippen LogP contribution >= 0.6 is 0 Å². The Morgan fingerprint density at radius 3 is 2.07 bits per heavy atom. The number of esters is 1. The van der Waals surface area contributed by atoms with Crippen LogP contribution in [0.2, 0.25) is 0 Å². The molecule has 0 saturated carbocycles. The van der Waals surface area contributed by atoms with Crippen molar-refractivity contribution in [2.45, 2.75) is 180 Å². The summed E-state index contributed by atoms with van der Waals surface area (Å²) >= 11 is 0. The topological polar surface area (TPSA) is 88.1 Å². The van der Waals surface area contributed by atoms with Crippen molar-refractivity contribution in [1.82, 2.24) is 0 Å². The number of rotatable bonds is 28. The maximum atomic E-state index is 12.2. The summed E-state index contributed by atoms with van der Waals surface area (Å²) < 4.78 is 23.1. The van der Waals surface area contributed by atoms with Gasteiger partial charge in [-0.25, -0.2) is 0 Å². The van der Waals surface area contributed by atoms with Crippen LogP contribution in [0.5, 0.6) is 0 Å². The first kappa shape index (κ1) is 36.9. The van der Waals surface area contributed by atoms with Crippen LogP contribution < -0.4 is 0 Å². The summed E-state index contributed by atoms with van der Waals surface area (Å²) in [7, 11) is 0. The van der Waals surface area contributed by atoms with Crippen LogP contribution in [-0.2, 0) is 33.3 Å². The molecule has 0 aromatic heterocycles. The minimum absolute atomic E-state index is 0.0363. The Kier molecular flexibility index (Phi) is 21.1. The average molecular weight is 595 g/mol. The zero-order chi connectivity index (χ0) is 30.3. The second kappa shape index (κ2) is 24.1. The molecule has 4 unspecified atom stereocenters. The molecule has 4 atom stereocenters. The Bertz CT molecular complexity index is 724. The first-order valence-corrected chi connectivity index (χ1v) is 17.5. The van der Waals surface area contributed by atoms with E-state index in [4.69, 9.17) is 18.9 Å². The van der Waals surface area contributed by atoms with E-state index >= 15 is 0 Å². The number of hydrogen-bond acceptors (Lipinski definition) is 7. The average Bonchev–Trinajstić information content (AvgIpc) is 3.56. The summed E-state index contributed by atoms with van der Waals surface area (Å²) in [5.74, 6) is -0.133. The highest BCUT2D eigenvalue weighted by molar-refractivity contribution is 5.83. The van der Waals surface area contributed by atoms with Crippen molar-refractivity contribution in [3.8, 4) is 0 Å². The molecule has 7 nitrogen and oxygen atoms in total. The lowest BCUT2D eigenvalue weighted by Crippen LogP contribution is -2.19. The Morgan fingerprint density at radius 1 is 0.762 bits per heavy atom. The van der Waals surface area contributed by atoms with Gasteiger partial charge in [-0.3, -0.25) is 9.59 Å². The van der Waals surface area contributed by atoms with E-state index in [1.54, 1.807) is 0 Å². The minimum Gasteiger partial charge on any atom is -0.462 e. The number of unbranched alkanes of at least 4 members (excludes halogenated alkanes) is 13. The van der Waals surface area contributed by atoms with Gasteiger partial charge in [-0.15, -0.1) is 0 Å². The molecule has 42 heavy (non-hydrogen) atoms. The molecule has 244 valence electrons. The van der Waals surface area contributed by atoms with E-state index in [2.05, 4.69) is 6.92 Å². The lowest BCUT2D eigenvalue weighted by Gasteiger charge is -2.14. The molecule has 0 aliphatic carbocycles. The minimum atomic E-state index is -0.261. The molecule has 2 aliphatic heterocycles. The fraction of sp³-hybridized carbons (Fsp3) is 0.914. The molecule has 2 saturated heterocycles. The van der Waals surface area contributed by atoms with E-state index < -0.39 is 0 Å². The number of hydrogen-bond donors (Lipinski definition) is 0. The van der Waals surface area contributed by atoms with Gasteiger partial charge in [0.2, 0.25) is 0 Å². The summed E-state index contributed by atoms with van der Waals surface area (Å²) in [5, 5.41) is 0. The number of ketones is 2. The second-order valence-electron chi connectivity index (χ2n) is 12.7. The van der Waals surface area contributed by atoms with Gasteiger partial charge >= 0.3 is 5.97 Å². The molecule has 0 N–H and O–H groups in total. The normalized spacial score (nSPS) is 22.1. The Hall–Kier alpha value is -1.31. The highest BCUT2D eigenvalue weighted by atomic mass is 16.7. The Morgan fingerprint density at radius 2 is 1.38 bits per heavy atom. The Balaban J connectivity index is 1.31. The summed E-state index contributed by atoms with van der Waals surface area (Å²) in [6.07, 6.45) is 24.2. The molecule has 7 heteroatoms. The third-order valence-corrected chi connectivity index (χ3v) is 8.60. The zero-order valence-corrected chi connectivity index (χ0v) is 27.1. The van der Waals surface area contributed by atoms with Crippen molar-refractivity contribution >= 4 is 17.5 Å². The van der Waals surface area contributed by atoms with E-state index in [0.717, 1.165) is 64.4 Å². The van der Waals surface area contributed by atoms with Gasteiger partial charge in [0.05, 0.1) is 18.6 Å². The number of carbonyl (C=O) groups is 3. The number of carbonyl (C=O) groups excluding carboxylic acids is 3. The van der Waals surface area contributed by atoms with Crippen LogP contribution in [-0.4, -0.2) is 55.9 Å². The number of ether oxygens (including phenoxy) is 4. The molecule has 2 fully saturated rings. The van der Waals surface area contributed by atoms with Crippen LogP contribution in [0, 0.1) is 5.92 Å². The van der Waals surface area contributed by atoms with Gasteiger partial charge in [0.15, 0.2) is 6.29 Å². The first-order chi connectivity index (χ1) is 20.5. The van der Waals surface area contributed by atoms with Gasteiger partial charge in [0, 0.05) is 38.9 Å². The highest BCUT2D eigenvalue weighted by Gasteiger charge is 2.34. The highest BCUT2D eigenvalue weighted by Crippen LogP contribution is 2.28. The van der Waals surface area contributed by atoms with Crippen molar-refractivity contribution in [3.63, 3.8) is 0 Å². The van der Waals surface area contributed by atoms with Crippen LogP contribution in [0.15, 0.2) is 0 Å².